The second kappa shape index (κ2) is 8.35. The molecule has 2 aromatic carbocycles. The van der Waals surface area contributed by atoms with Gasteiger partial charge in [-0.2, -0.15) is 0 Å². The molecule has 1 aliphatic rings. The van der Waals surface area contributed by atoms with Crippen LogP contribution in [0.3, 0.4) is 0 Å². The summed E-state index contributed by atoms with van der Waals surface area (Å²) < 4.78 is 5.30. The van der Waals surface area contributed by atoms with E-state index in [2.05, 4.69) is 19.2 Å². The summed E-state index contributed by atoms with van der Waals surface area (Å²) >= 11 is 0. The average Bonchev–Trinajstić information content (AvgIpc) is 2.69. The van der Waals surface area contributed by atoms with Gasteiger partial charge in [0.1, 0.15) is 0 Å². The standard InChI is InChI=1S/C22H26N2O3/c1-15(2)19-9-4-6-16(3)20(19)23-21(25)17-7-5-8-18(14-17)22(26)24-10-12-27-13-11-24/h4-9,14-15H,10-13H2,1-3H3,(H,23,25). The third kappa shape index (κ3) is 4.37. The third-order valence-electron chi connectivity index (χ3n) is 4.84. The number of amides is 2. The van der Waals surface area contributed by atoms with Crippen LogP contribution < -0.4 is 5.32 Å². The number of nitrogens with one attached hydrogen (secondary N) is 1. The highest BCUT2D eigenvalue weighted by atomic mass is 16.5. The smallest absolute Gasteiger partial charge is 0.255 e. The van der Waals surface area contributed by atoms with E-state index in [9.17, 15) is 9.59 Å². The highest BCUT2D eigenvalue weighted by Gasteiger charge is 2.20. The van der Waals surface area contributed by atoms with E-state index in [0.717, 1.165) is 16.8 Å². The van der Waals surface area contributed by atoms with Crippen LogP contribution in [0.5, 0.6) is 0 Å². The van der Waals surface area contributed by atoms with Crippen molar-refractivity contribution in [1.29, 1.82) is 0 Å². The lowest BCUT2D eigenvalue weighted by Crippen LogP contribution is -2.40. The Kier molecular flexibility index (Phi) is 5.91. The Hall–Kier alpha value is -2.66. The second-order valence-electron chi connectivity index (χ2n) is 7.13. The number of nitrogens with zero attached hydrogens (tertiary/aromatic N) is 1. The molecule has 1 aliphatic heterocycles. The van der Waals surface area contributed by atoms with Crippen LogP contribution in [0.25, 0.3) is 0 Å². The van der Waals surface area contributed by atoms with Crippen molar-refractivity contribution in [3.63, 3.8) is 0 Å². The first-order valence-electron chi connectivity index (χ1n) is 9.35. The minimum Gasteiger partial charge on any atom is -0.378 e. The highest BCUT2D eigenvalue weighted by molar-refractivity contribution is 6.06. The Morgan fingerprint density at radius 3 is 2.41 bits per heavy atom. The van der Waals surface area contributed by atoms with Crippen molar-refractivity contribution in [2.75, 3.05) is 31.6 Å². The zero-order chi connectivity index (χ0) is 19.4. The van der Waals surface area contributed by atoms with Crippen LogP contribution in [0.15, 0.2) is 42.5 Å². The van der Waals surface area contributed by atoms with Gasteiger partial charge in [0.05, 0.1) is 13.2 Å². The molecule has 0 atom stereocenters. The van der Waals surface area contributed by atoms with Gasteiger partial charge in [0.2, 0.25) is 0 Å². The molecule has 5 nitrogen and oxygen atoms in total. The van der Waals surface area contributed by atoms with Gasteiger partial charge in [-0.25, -0.2) is 0 Å². The van der Waals surface area contributed by atoms with Gasteiger partial charge in [-0.05, 0) is 42.2 Å². The van der Waals surface area contributed by atoms with Crippen molar-refractivity contribution in [1.82, 2.24) is 4.90 Å². The maximum absolute atomic E-state index is 12.8. The largest absolute Gasteiger partial charge is 0.378 e. The summed E-state index contributed by atoms with van der Waals surface area (Å²) in [5, 5.41) is 3.04. The van der Waals surface area contributed by atoms with Crippen LogP contribution in [0.4, 0.5) is 5.69 Å². The fourth-order valence-electron chi connectivity index (χ4n) is 3.27. The summed E-state index contributed by atoms with van der Waals surface area (Å²) in [6.07, 6.45) is 0. The molecule has 1 fully saturated rings. The van der Waals surface area contributed by atoms with Crippen LogP contribution in [-0.2, 0) is 4.74 Å². The van der Waals surface area contributed by atoms with Crippen LogP contribution in [0.2, 0.25) is 0 Å². The van der Waals surface area contributed by atoms with Gasteiger partial charge in [-0.3, -0.25) is 9.59 Å². The number of anilines is 1. The first kappa shape index (κ1) is 19.1. The third-order valence-corrected chi connectivity index (χ3v) is 4.84. The maximum atomic E-state index is 12.8. The number of hydrogen-bond acceptors (Lipinski definition) is 3. The van der Waals surface area contributed by atoms with Crippen molar-refractivity contribution in [3.05, 3.63) is 64.7 Å². The van der Waals surface area contributed by atoms with E-state index in [1.165, 1.54) is 0 Å². The van der Waals surface area contributed by atoms with Crippen LogP contribution in [-0.4, -0.2) is 43.0 Å². The van der Waals surface area contributed by atoms with E-state index in [0.29, 0.717) is 43.3 Å². The van der Waals surface area contributed by atoms with Crippen LogP contribution in [0.1, 0.15) is 51.6 Å². The Balaban J connectivity index is 1.81. The number of para-hydroxylation sites is 1. The minimum atomic E-state index is -0.206. The lowest BCUT2D eigenvalue weighted by Gasteiger charge is -2.27. The topological polar surface area (TPSA) is 58.6 Å². The molecular weight excluding hydrogens is 340 g/mol. The van der Waals surface area contributed by atoms with Crippen molar-refractivity contribution < 1.29 is 14.3 Å². The molecule has 142 valence electrons. The summed E-state index contributed by atoms with van der Waals surface area (Å²) in [6.45, 7) is 8.46. The Morgan fingerprint density at radius 2 is 1.70 bits per heavy atom. The number of aryl methyl sites for hydroxylation is 1. The van der Waals surface area contributed by atoms with E-state index in [4.69, 9.17) is 4.74 Å². The summed E-state index contributed by atoms with van der Waals surface area (Å²) in [7, 11) is 0. The van der Waals surface area contributed by atoms with Crippen molar-refractivity contribution in [2.24, 2.45) is 0 Å². The van der Waals surface area contributed by atoms with Gasteiger partial charge in [-0.15, -0.1) is 0 Å². The van der Waals surface area contributed by atoms with Crippen molar-refractivity contribution in [3.8, 4) is 0 Å². The maximum Gasteiger partial charge on any atom is 0.255 e. The minimum absolute atomic E-state index is 0.0632. The van der Waals surface area contributed by atoms with E-state index in [1.807, 2.05) is 25.1 Å². The van der Waals surface area contributed by atoms with E-state index in [-0.39, 0.29) is 11.8 Å². The van der Waals surface area contributed by atoms with E-state index in [1.54, 1.807) is 29.2 Å². The molecule has 0 spiro atoms. The fraction of sp³-hybridized carbons (Fsp3) is 0.364. The first-order valence-corrected chi connectivity index (χ1v) is 9.35. The summed E-state index contributed by atoms with van der Waals surface area (Å²) in [5.74, 6) is 0.0315. The number of hydrogen-bond donors (Lipinski definition) is 1. The van der Waals surface area contributed by atoms with E-state index >= 15 is 0 Å². The summed E-state index contributed by atoms with van der Waals surface area (Å²) in [6, 6.07) is 12.9. The van der Waals surface area contributed by atoms with Gasteiger partial charge in [-0.1, -0.05) is 38.1 Å². The molecule has 0 bridgehead atoms. The molecule has 1 heterocycles. The average molecular weight is 366 g/mol. The molecule has 0 aromatic heterocycles. The zero-order valence-electron chi connectivity index (χ0n) is 16.1. The van der Waals surface area contributed by atoms with Crippen LogP contribution in [0, 0.1) is 6.92 Å². The monoisotopic (exact) mass is 366 g/mol. The highest BCUT2D eigenvalue weighted by Crippen LogP contribution is 2.28. The number of carbonyl (C=O) groups is 2. The number of carbonyl (C=O) groups excluding carboxylic acids is 2. The molecule has 27 heavy (non-hydrogen) atoms. The first-order chi connectivity index (χ1) is 13.0. The normalized spacial score (nSPS) is 14.3. The molecule has 2 amide bonds. The molecule has 0 aliphatic carbocycles. The molecule has 0 unspecified atom stereocenters. The van der Waals surface area contributed by atoms with Crippen LogP contribution >= 0.6 is 0 Å². The van der Waals surface area contributed by atoms with Crippen molar-refractivity contribution in [2.45, 2.75) is 26.7 Å². The van der Waals surface area contributed by atoms with E-state index < -0.39 is 0 Å². The van der Waals surface area contributed by atoms with Crippen molar-refractivity contribution >= 4 is 17.5 Å². The molecule has 1 saturated heterocycles. The molecule has 0 saturated carbocycles. The Bertz CT molecular complexity index is 839. The van der Waals surface area contributed by atoms with Gasteiger partial charge in [0, 0.05) is 29.9 Å². The molecule has 2 aromatic rings. The quantitative estimate of drug-likeness (QED) is 0.894. The lowest BCUT2D eigenvalue weighted by atomic mass is 9.98. The van der Waals surface area contributed by atoms with Gasteiger partial charge < -0.3 is 15.0 Å². The summed E-state index contributed by atoms with van der Waals surface area (Å²) in [4.78, 5) is 27.3. The van der Waals surface area contributed by atoms with Gasteiger partial charge >= 0.3 is 0 Å². The van der Waals surface area contributed by atoms with Gasteiger partial charge in [0.25, 0.3) is 11.8 Å². The predicted octanol–water partition coefficient (Wildman–Crippen LogP) is 3.84. The Labute approximate surface area is 160 Å². The number of rotatable bonds is 4. The Morgan fingerprint density at radius 1 is 1.04 bits per heavy atom. The number of ether oxygens (including phenoxy) is 1. The number of morpholine rings is 1. The SMILES string of the molecule is Cc1cccc(C(C)C)c1NC(=O)c1cccc(C(=O)N2CCOCC2)c1. The molecular formula is C22H26N2O3. The number of benzene rings is 2. The summed E-state index contributed by atoms with van der Waals surface area (Å²) in [5.41, 5.74) is 3.98. The zero-order valence-corrected chi connectivity index (χ0v) is 16.1. The lowest BCUT2D eigenvalue weighted by molar-refractivity contribution is 0.0303. The molecule has 0 radical (unpaired) electrons. The molecule has 5 heteroatoms. The fourth-order valence-corrected chi connectivity index (χ4v) is 3.27. The predicted molar refractivity (Wildman–Crippen MR) is 106 cm³/mol. The van der Waals surface area contributed by atoms with Gasteiger partial charge in [0.15, 0.2) is 0 Å². The molecule has 3 rings (SSSR count). The molecule has 1 N–H and O–H groups in total. The second-order valence-corrected chi connectivity index (χ2v) is 7.13.